The summed E-state index contributed by atoms with van der Waals surface area (Å²) in [5, 5.41) is 4.71. The van der Waals surface area contributed by atoms with Gasteiger partial charge in [0.05, 0.1) is 5.25 Å². The predicted molar refractivity (Wildman–Crippen MR) is 107 cm³/mol. The fourth-order valence-electron chi connectivity index (χ4n) is 2.65. The van der Waals surface area contributed by atoms with Crippen molar-refractivity contribution in [2.24, 2.45) is 0 Å². The van der Waals surface area contributed by atoms with E-state index in [0.717, 1.165) is 26.5 Å². The van der Waals surface area contributed by atoms with E-state index >= 15 is 0 Å². The number of fused-ring (bicyclic) bond motifs is 1. The molecule has 1 atom stereocenters. The number of hydrogen-bond donors (Lipinski definition) is 1. The predicted octanol–water partition coefficient (Wildman–Crippen LogP) is 5.04. The Labute approximate surface area is 156 Å². The summed E-state index contributed by atoms with van der Waals surface area (Å²) in [5.41, 5.74) is 4.31. The average molecular weight is 372 g/mol. The third-order valence-electron chi connectivity index (χ3n) is 4.23. The SMILES string of the molecule is Cc1ccc(NC(=O)[C@@H](C)Sc2ncnc3sc(C)c(C)c23)c(C)c1. The number of carbonyl (C=O) groups is 1. The number of carbonyl (C=O) groups excluding carboxylic acids is 1. The van der Waals surface area contributed by atoms with Crippen LogP contribution in [0.2, 0.25) is 0 Å². The lowest BCUT2D eigenvalue weighted by Gasteiger charge is -2.14. The zero-order valence-electron chi connectivity index (χ0n) is 15.0. The first-order valence-electron chi connectivity index (χ1n) is 8.12. The third kappa shape index (κ3) is 3.70. The lowest BCUT2D eigenvalue weighted by atomic mass is 10.1. The van der Waals surface area contributed by atoms with E-state index in [1.807, 2.05) is 32.9 Å². The molecular formula is C19H21N3OS2. The van der Waals surface area contributed by atoms with Gasteiger partial charge in [0, 0.05) is 16.0 Å². The molecule has 1 N–H and O–H groups in total. The van der Waals surface area contributed by atoms with Crippen LogP contribution in [0, 0.1) is 27.7 Å². The minimum atomic E-state index is -0.251. The van der Waals surface area contributed by atoms with E-state index in [9.17, 15) is 4.79 Å². The first kappa shape index (κ1) is 17.9. The summed E-state index contributed by atoms with van der Waals surface area (Å²) in [6.45, 7) is 10.1. The molecule has 0 bridgehead atoms. The molecule has 3 aromatic rings. The number of amides is 1. The second kappa shape index (κ2) is 7.14. The van der Waals surface area contributed by atoms with Crippen LogP contribution in [0.4, 0.5) is 5.69 Å². The van der Waals surface area contributed by atoms with Crippen LogP contribution < -0.4 is 5.32 Å². The molecule has 3 rings (SSSR count). The number of hydrogen-bond acceptors (Lipinski definition) is 5. The number of rotatable bonds is 4. The minimum absolute atomic E-state index is 0.0201. The van der Waals surface area contributed by atoms with Gasteiger partial charge in [-0.15, -0.1) is 11.3 Å². The van der Waals surface area contributed by atoms with Crippen molar-refractivity contribution in [3.8, 4) is 0 Å². The Morgan fingerprint density at radius 3 is 2.68 bits per heavy atom. The van der Waals surface area contributed by atoms with Gasteiger partial charge in [-0.1, -0.05) is 29.5 Å². The van der Waals surface area contributed by atoms with E-state index in [-0.39, 0.29) is 11.2 Å². The number of nitrogens with zero attached hydrogens (tertiary/aromatic N) is 2. The van der Waals surface area contributed by atoms with Gasteiger partial charge >= 0.3 is 0 Å². The van der Waals surface area contributed by atoms with Gasteiger partial charge in [-0.25, -0.2) is 9.97 Å². The van der Waals surface area contributed by atoms with Crippen molar-refractivity contribution in [2.45, 2.75) is 44.9 Å². The van der Waals surface area contributed by atoms with Gasteiger partial charge in [0.15, 0.2) is 0 Å². The maximum atomic E-state index is 12.6. The summed E-state index contributed by atoms with van der Waals surface area (Å²) >= 11 is 3.15. The number of benzene rings is 1. The van der Waals surface area contributed by atoms with E-state index in [1.54, 1.807) is 17.7 Å². The number of anilines is 1. The first-order valence-corrected chi connectivity index (χ1v) is 9.82. The summed E-state index contributed by atoms with van der Waals surface area (Å²) in [6.07, 6.45) is 1.58. The Hall–Kier alpha value is -1.92. The van der Waals surface area contributed by atoms with Crippen LogP contribution in [0.25, 0.3) is 10.2 Å². The van der Waals surface area contributed by atoms with Crippen LogP contribution in [-0.2, 0) is 4.79 Å². The highest BCUT2D eigenvalue weighted by atomic mass is 32.2. The highest BCUT2D eigenvalue weighted by Crippen LogP contribution is 2.36. The summed E-state index contributed by atoms with van der Waals surface area (Å²) < 4.78 is 0. The molecule has 0 radical (unpaired) electrons. The molecule has 0 fully saturated rings. The molecule has 0 unspecified atom stereocenters. The Bertz CT molecular complexity index is 949. The molecule has 0 saturated heterocycles. The van der Waals surface area contributed by atoms with Crippen LogP contribution in [0.3, 0.4) is 0 Å². The molecule has 1 aromatic carbocycles. The number of thioether (sulfide) groups is 1. The Balaban J connectivity index is 1.80. The monoisotopic (exact) mass is 371 g/mol. The topological polar surface area (TPSA) is 54.9 Å². The minimum Gasteiger partial charge on any atom is -0.325 e. The van der Waals surface area contributed by atoms with Crippen molar-refractivity contribution in [1.82, 2.24) is 9.97 Å². The largest absolute Gasteiger partial charge is 0.325 e. The van der Waals surface area contributed by atoms with Gasteiger partial charge in [-0.3, -0.25) is 4.79 Å². The number of thiophene rings is 1. The van der Waals surface area contributed by atoms with Gasteiger partial charge in [0.2, 0.25) is 5.91 Å². The standard InChI is InChI=1S/C19H21N3OS2/c1-10-6-7-15(11(2)8-10)22-17(23)14(5)25-19-16-12(3)13(4)24-18(16)20-9-21-19/h6-9,14H,1-5H3,(H,22,23)/t14-/m1/s1. The Kier molecular flexibility index (Phi) is 5.11. The van der Waals surface area contributed by atoms with Crippen molar-refractivity contribution in [3.05, 3.63) is 46.1 Å². The van der Waals surface area contributed by atoms with Gasteiger partial charge in [-0.05, 0) is 51.8 Å². The highest BCUT2D eigenvalue weighted by Gasteiger charge is 2.19. The summed E-state index contributed by atoms with van der Waals surface area (Å²) in [5.74, 6) is -0.0201. The van der Waals surface area contributed by atoms with Crippen molar-refractivity contribution < 1.29 is 4.79 Å². The van der Waals surface area contributed by atoms with E-state index in [1.165, 1.54) is 27.8 Å². The van der Waals surface area contributed by atoms with Gasteiger partial charge in [0.1, 0.15) is 16.2 Å². The van der Waals surface area contributed by atoms with Gasteiger partial charge in [0.25, 0.3) is 0 Å². The van der Waals surface area contributed by atoms with Crippen LogP contribution in [0.5, 0.6) is 0 Å². The summed E-state index contributed by atoms with van der Waals surface area (Å²) in [7, 11) is 0. The van der Waals surface area contributed by atoms with E-state index in [2.05, 4.69) is 35.2 Å². The van der Waals surface area contributed by atoms with E-state index in [0.29, 0.717) is 0 Å². The third-order valence-corrected chi connectivity index (χ3v) is 6.44. The van der Waals surface area contributed by atoms with Crippen LogP contribution in [-0.4, -0.2) is 21.1 Å². The number of aryl methyl sites for hydroxylation is 4. The number of nitrogens with one attached hydrogen (secondary N) is 1. The molecule has 0 saturated carbocycles. The molecule has 1 amide bonds. The molecule has 6 heteroatoms. The van der Waals surface area contributed by atoms with Crippen LogP contribution >= 0.6 is 23.1 Å². The summed E-state index contributed by atoms with van der Waals surface area (Å²) in [4.78, 5) is 23.6. The van der Waals surface area contributed by atoms with Crippen molar-refractivity contribution >= 4 is 44.9 Å². The first-order chi connectivity index (χ1) is 11.9. The molecule has 0 aliphatic rings. The normalized spacial score (nSPS) is 12.4. The second-order valence-corrected chi connectivity index (χ2v) is 8.74. The maximum Gasteiger partial charge on any atom is 0.237 e. The number of aromatic nitrogens is 2. The smallest absolute Gasteiger partial charge is 0.237 e. The lowest BCUT2D eigenvalue weighted by Crippen LogP contribution is -2.23. The van der Waals surface area contributed by atoms with Gasteiger partial charge in [-0.2, -0.15) is 0 Å². The second-order valence-electron chi connectivity index (χ2n) is 6.21. The van der Waals surface area contributed by atoms with E-state index < -0.39 is 0 Å². The average Bonchev–Trinajstić information content (AvgIpc) is 2.85. The molecule has 130 valence electrons. The van der Waals surface area contributed by atoms with Crippen molar-refractivity contribution in [2.75, 3.05) is 5.32 Å². The molecule has 25 heavy (non-hydrogen) atoms. The quantitative estimate of drug-likeness (QED) is 0.515. The molecule has 2 aromatic heterocycles. The molecule has 0 aliphatic heterocycles. The fourth-order valence-corrected chi connectivity index (χ4v) is 4.69. The Morgan fingerprint density at radius 1 is 1.20 bits per heavy atom. The summed E-state index contributed by atoms with van der Waals surface area (Å²) in [6, 6.07) is 6.03. The van der Waals surface area contributed by atoms with Crippen molar-refractivity contribution in [3.63, 3.8) is 0 Å². The molecule has 0 aliphatic carbocycles. The Morgan fingerprint density at radius 2 is 1.96 bits per heavy atom. The fraction of sp³-hybridized carbons (Fsp3) is 0.316. The molecule has 2 heterocycles. The maximum absolute atomic E-state index is 12.6. The van der Waals surface area contributed by atoms with Crippen LogP contribution in [0.15, 0.2) is 29.6 Å². The zero-order chi connectivity index (χ0) is 18.1. The van der Waals surface area contributed by atoms with Gasteiger partial charge < -0.3 is 5.32 Å². The zero-order valence-corrected chi connectivity index (χ0v) is 16.6. The molecule has 4 nitrogen and oxygen atoms in total. The molecule has 0 spiro atoms. The van der Waals surface area contributed by atoms with Crippen LogP contribution in [0.1, 0.15) is 28.5 Å². The lowest BCUT2D eigenvalue weighted by molar-refractivity contribution is -0.115. The molecular weight excluding hydrogens is 350 g/mol. The highest BCUT2D eigenvalue weighted by molar-refractivity contribution is 8.00. The van der Waals surface area contributed by atoms with E-state index in [4.69, 9.17) is 0 Å². The van der Waals surface area contributed by atoms with Crippen molar-refractivity contribution in [1.29, 1.82) is 0 Å².